The van der Waals surface area contributed by atoms with Gasteiger partial charge in [-0.2, -0.15) is 0 Å². The van der Waals surface area contributed by atoms with Crippen LogP contribution in [0.4, 0.5) is 0 Å². The van der Waals surface area contributed by atoms with Gasteiger partial charge >= 0.3 is 0 Å². The quantitative estimate of drug-likeness (QED) is 0.745. The third-order valence-corrected chi connectivity index (χ3v) is 5.29. The second-order valence-corrected chi connectivity index (χ2v) is 6.36. The lowest BCUT2D eigenvalue weighted by Crippen LogP contribution is -2.60. The fourth-order valence-corrected chi connectivity index (χ4v) is 4.80. The molecule has 0 unspecified atom stereocenters. The molecule has 0 aromatic carbocycles. The number of rotatable bonds is 2. The van der Waals surface area contributed by atoms with Gasteiger partial charge in [0.1, 0.15) is 0 Å². The molecule has 2 heteroatoms. The smallest absolute Gasteiger partial charge is 0.0643 e. The molecule has 84 valence electrons. The zero-order chi connectivity index (χ0) is 9.83. The molecule has 0 spiro atoms. The van der Waals surface area contributed by atoms with E-state index >= 15 is 0 Å². The van der Waals surface area contributed by atoms with E-state index in [0.29, 0.717) is 6.04 Å². The molecule has 5 fully saturated rings. The van der Waals surface area contributed by atoms with Crippen molar-refractivity contribution in [2.45, 2.75) is 44.2 Å². The largest absolute Gasteiger partial charge is 0.378 e. The van der Waals surface area contributed by atoms with Gasteiger partial charge < -0.3 is 10.1 Å². The molecule has 2 nitrogen and oxygen atoms in total. The number of hydrogen-bond acceptors (Lipinski definition) is 2. The van der Waals surface area contributed by atoms with E-state index in [0.717, 1.165) is 42.9 Å². The van der Waals surface area contributed by atoms with Crippen molar-refractivity contribution in [2.75, 3.05) is 13.2 Å². The van der Waals surface area contributed by atoms with E-state index in [9.17, 15) is 0 Å². The van der Waals surface area contributed by atoms with Gasteiger partial charge in [0.15, 0.2) is 0 Å². The Bertz CT molecular complexity index is 233. The van der Waals surface area contributed by atoms with Crippen LogP contribution >= 0.6 is 0 Å². The summed E-state index contributed by atoms with van der Waals surface area (Å²) in [6.45, 7) is 1.92. The molecule has 0 aromatic heterocycles. The SMILES string of the molecule is C1C2CC3CC1CC(C2)C3NC1COC1. The zero-order valence-electron chi connectivity index (χ0n) is 9.32. The summed E-state index contributed by atoms with van der Waals surface area (Å²) in [7, 11) is 0. The van der Waals surface area contributed by atoms with Gasteiger partial charge in [-0.15, -0.1) is 0 Å². The highest BCUT2D eigenvalue weighted by Crippen LogP contribution is 2.53. The highest BCUT2D eigenvalue weighted by Gasteiger charge is 2.48. The first-order valence-electron chi connectivity index (χ1n) is 6.72. The van der Waals surface area contributed by atoms with E-state index < -0.39 is 0 Å². The summed E-state index contributed by atoms with van der Waals surface area (Å²) in [5.41, 5.74) is 0. The van der Waals surface area contributed by atoms with E-state index in [1.165, 1.54) is 25.7 Å². The molecule has 0 amide bonds. The Hall–Kier alpha value is -0.0800. The van der Waals surface area contributed by atoms with Crippen molar-refractivity contribution in [1.82, 2.24) is 5.32 Å². The van der Waals surface area contributed by atoms with Crippen LogP contribution in [0.2, 0.25) is 0 Å². The Morgan fingerprint density at radius 1 is 0.800 bits per heavy atom. The molecular formula is C13H21NO. The maximum atomic E-state index is 5.27. The molecular weight excluding hydrogens is 186 g/mol. The van der Waals surface area contributed by atoms with Gasteiger partial charge in [-0.1, -0.05) is 0 Å². The van der Waals surface area contributed by atoms with Crippen LogP contribution in [-0.4, -0.2) is 25.3 Å². The second kappa shape index (κ2) is 3.21. The lowest BCUT2D eigenvalue weighted by atomic mass is 9.54. The first-order valence-corrected chi connectivity index (χ1v) is 6.72. The van der Waals surface area contributed by atoms with Gasteiger partial charge in [0.2, 0.25) is 0 Å². The van der Waals surface area contributed by atoms with Crippen LogP contribution in [0.5, 0.6) is 0 Å². The molecule has 4 saturated carbocycles. The molecule has 0 aromatic rings. The summed E-state index contributed by atoms with van der Waals surface area (Å²) in [5, 5.41) is 3.87. The van der Waals surface area contributed by atoms with Crippen LogP contribution in [0.25, 0.3) is 0 Å². The Morgan fingerprint density at radius 3 is 1.87 bits per heavy atom. The monoisotopic (exact) mass is 207 g/mol. The van der Waals surface area contributed by atoms with Crippen molar-refractivity contribution in [3.8, 4) is 0 Å². The standard InChI is InChI=1S/C13H21NO/c1-8-2-10-4-9(1)5-11(3-8)13(10)14-12-6-15-7-12/h8-14H,1-7H2. The lowest BCUT2D eigenvalue weighted by molar-refractivity contribution is -0.0565. The van der Waals surface area contributed by atoms with E-state index in [1.54, 1.807) is 6.42 Å². The Balaban J connectivity index is 1.49. The maximum Gasteiger partial charge on any atom is 0.0643 e. The average Bonchev–Trinajstić information content (AvgIpc) is 2.12. The van der Waals surface area contributed by atoms with Crippen molar-refractivity contribution >= 4 is 0 Å². The van der Waals surface area contributed by atoms with Gasteiger partial charge in [0.05, 0.1) is 19.3 Å². The summed E-state index contributed by atoms with van der Waals surface area (Å²) in [6.07, 6.45) is 7.67. The molecule has 1 heterocycles. The minimum absolute atomic E-state index is 0.688. The van der Waals surface area contributed by atoms with E-state index in [2.05, 4.69) is 5.32 Å². The topological polar surface area (TPSA) is 21.3 Å². The van der Waals surface area contributed by atoms with Crippen molar-refractivity contribution in [3.63, 3.8) is 0 Å². The fraction of sp³-hybridized carbons (Fsp3) is 1.00. The third-order valence-electron chi connectivity index (χ3n) is 5.29. The summed E-state index contributed by atoms with van der Waals surface area (Å²) in [4.78, 5) is 0. The highest BCUT2D eigenvalue weighted by atomic mass is 16.5. The van der Waals surface area contributed by atoms with Crippen molar-refractivity contribution < 1.29 is 4.74 Å². The van der Waals surface area contributed by atoms with Gasteiger partial charge in [-0.05, 0) is 55.8 Å². The normalized spacial score (nSPS) is 53.2. The molecule has 1 N–H and O–H groups in total. The van der Waals surface area contributed by atoms with Crippen LogP contribution in [0, 0.1) is 23.7 Å². The van der Waals surface area contributed by atoms with Gasteiger partial charge in [-0.3, -0.25) is 0 Å². The maximum absolute atomic E-state index is 5.27. The molecule has 1 aliphatic heterocycles. The average molecular weight is 207 g/mol. The molecule has 1 saturated heterocycles. The van der Waals surface area contributed by atoms with Crippen molar-refractivity contribution in [3.05, 3.63) is 0 Å². The van der Waals surface area contributed by atoms with Crippen molar-refractivity contribution in [2.24, 2.45) is 23.7 Å². The lowest BCUT2D eigenvalue weighted by Gasteiger charge is -2.55. The number of ether oxygens (including phenoxy) is 1. The molecule has 0 atom stereocenters. The Kier molecular flexibility index (Phi) is 1.92. The molecule has 5 rings (SSSR count). The highest BCUT2D eigenvalue weighted by molar-refractivity contribution is 5.02. The predicted molar refractivity (Wildman–Crippen MR) is 58.6 cm³/mol. The minimum Gasteiger partial charge on any atom is -0.378 e. The van der Waals surface area contributed by atoms with E-state index in [1.807, 2.05) is 0 Å². The van der Waals surface area contributed by atoms with Gasteiger partial charge in [-0.25, -0.2) is 0 Å². The summed E-state index contributed by atoms with van der Waals surface area (Å²) < 4.78 is 5.27. The van der Waals surface area contributed by atoms with Crippen LogP contribution in [0.1, 0.15) is 32.1 Å². The molecule has 4 bridgehead atoms. The van der Waals surface area contributed by atoms with Crippen LogP contribution in [0.15, 0.2) is 0 Å². The summed E-state index contributed by atoms with van der Waals surface area (Å²) >= 11 is 0. The first kappa shape index (κ1) is 9.00. The predicted octanol–water partition coefficient (Wildman–Crippen LogP) is 1.80. The van der Waals surface area contributed by atoms with Crippen LogP contribution in [-0.2, 0) is 4.74 Å². The second-order valence-electron chi connectivity index (χ2n) is 6.36. The Morgan fingerprint density at radius 2 is 1.40 bits per heavy atom. The third kappa shape index (κ3) is 1.38. The van der Waals surface area contributed by atoms with Crippen LogP contribution < -0.4 is 5.32 Å². The number of nitrogens with one attached hydrogen (secondary N) is 1. The van der Waals surface area contributed by atoms with E-state index in [-0.39, 0.29) is 0 Å². The van der Waals surface area contributed by atoms with Crippen molar-refractivity contribution in [1.29, 1.82) is 0 Å². The van der Waals surface area contributed by atoms with E-state index in [4.69, 9.17) is 4.74 Å². The molecule has 0 radical (unpaired) electrons. The molecule has 15 heavy (non-hydrogen) atoms. The molecule has 5 aliphatic rings. The first-order chi connectivity index (χ1) is 7.38. The zero-order valence-corrected chi connectivity index (χ0v) is 9.32. The number of hydrogen-bond donors (Lipinski definition) is 1. The minimum atomic E-state index is 0.688. The van der Waals surface area contributed by atoms with Gasteiger partial charge in [0, 0.05) is 6.04 Å². The molecule has 4 aliphatic carbocycles. The van der Waals surface area contributed by atoms with Gasteiger partial charge in [0.25, 0.3) is 0 Å². The summed E-state index contributed by atoms with van der Waals surface area (Å²) in [6, 6.07) is 1.54. The van der Waals surface area contributed by atoms with Crippen LogP contribution in [0.3, 0.4) is 0 Å². The Labute approximate surface area is 91.8 Å². The summed E-state index contributed by atoms with van der Waals surface area (Å²) in [5.74, 6) is 4.23. The fourth-order valence-electron chi connectivity index (χ4n) is 4.80.